The van der Waals surface area contributed by atoms with E-state index < -0.39 is 0 Å². The van der Waals surface area contributed by atoms with Crippen LogP contribution in [0.5, 0.6) is 0 Å². The second kappa shape index (κ2) is 5.15. The van der Waals surface area contributed by atoms with Crippen LogP contribution >= 0.6 is 0 Å². The van der Waals surface area contributed by atoms with E-state index in [1.807, 2.05) is 29.9 Å². The Morgan fingerprint density at radius 1 is 1.29 bits per heavy atom. The third kappa shape index (κ3) is 2.74. The van der Waals surface area contributed by atoms with Crippen molar-refractivity contribution >= 4 is 0 Å². The summed E-state index contributed by atoms with van der Waals surface area (Å²) in [5, 5.41) is 4.45. The molecule has 2 N–H and O–H groups in total. The Morgan fingerprint density at radius 2 is 2.06 bits per heavy atom. The van der Waals surface area contributed by atoms with Gasteiger partial charge in [0.05, 0.1) is 11.4 Å². The van der Waals surface area contributed by atoms with Crippen molar-refractivity contribution in [3.8, 4) is 5.69 Å². The van der Waals surface area contributed by atoms with Gasteiger partial charge in [-0.15, -0.1) is 0 Å². The molecule has 0 saturated heterocycles. The first kappa shape index (κ1) is 11.9. The van der Waals surface area contributed by atoms with Crippen LogP contribution in [0.25, 0.3) is 5.69 Å². The van der Waals surface area contributed by atoms with E-state index in [1.54, 1.807) is 0 Å². The van der Waals surface area contributed by atoms with Crippen molar-refractivity contribution in [2.24, 2.45) is 5.73 Å². The zero-order valence-electron chi connectivity index (χ0n) is 10.4. The maximum absolute atomic E-state index is 6.03. The smallest absolute Gasteiger partial charge is 0.0678 e. The molecule has 2 aromatic rings. The van der Waals surface area contributed by atoms with Crippen molar-refractivity contribution < 1.29 is 0 Å². The van der Waals surface area contributed by atoms with Crippen molar-refractivity contribution in [3.63, 3.8) is 0 Å². The summed E-state index contributed by atoms with van der Waals surface area (Å²) in [5.74, 6) is 0. The van der Waals surface area contributed by atoms with Crippen LogP contribution in [0.3, 0.4) is 0 Å². The van der Waals surface area contributed by atoms with E-state index in [2.05, 4.69) is 30.2 Å². The fourth-order valence-corrected chi connectivity index (χ4v) is 1.88. The van der Waals surface area contributed by atoms with Crippen LogP contribution in [-0.2, 0) is 6.42 Å². The fraction of sp³-hybridized carbons (Fsp3) is 0.357. The summed E-state index contributed by atoms with van der Waals surface area (Å²) in [6.07, 6.45) is 3.88. The summed E-state index contributed by atoms with van der Waals surface area (Å²) in [4.78, 5) is 0. The van der Waals surface area contributed by atoms with Gasteiger partial charge in [0.25, 0.3) is 0 Å². The standard InChI is InChI=1S/C14H19N3/c1-3-13(15)10-12-6-4-5-7-14(12)17-9-8-11(2)16-17/h4-9,13H,3,10,15H2,1-2H3. The number of para-hydroxylation sites is 1. The molecular formula is C14H19N3. The first-order valence-corrected chi connectivity index (χ1v) is 6.07. The lowest BCUT2D eigenvalue weighted by molar-refractivity contribution is 0.642. The summed E-state index contributed by atoms with van der Waals surface area (Å²) in [6.45, 7) is 4.11. The van der Waals surface area contributed by atoms with Gasteiger partial charge in [-0.2, -0.15) is 5.10 Å². The van der Waals surface area contributed by atoms with Gasteiger partial charge in [-0.3, -0.25) is 0 Å². The maximum atomic E-state index is 6.03. The highest BCUT2D eigenvalue weighted by molar-refractivity contribution is 5.40. The number of aromatic nitrogens is 2. The van der Waals surface area contributed by atoms with E-state index in [1.165, 1.54) is 5.56 Å². The first-order valence-electron chi connectivity index (χ1n) is 6.07. The minimum Gasteiger partial charge on any atom is -0.327 e. The third-order valence-corrected chi connectivity index (χ3v) is 2.97. The van der Waals surface area contributed by atoms with Crippen LogP contribution in [0.1, 0.15) is 24.6 Å². The molecular weight excluding hydrogens is 210 g/mol. The monoisotopic (exact) mass is 229 g/mol. The average molecular weight is 229 g/mol. The Labute approximate surface area is 102 Å². The molecule has 0 aliphatic rings. The summed E-state index contributed by atoms with van der Waals surface area (Å²) in [6, 6.07) is 10.5. The van der Waals surface area contributed by atoms with E-state index in [0.29, 0.717) is 0 Å². The summed E-state index contributed by atoms with van der Waals surface area (Å²) >= 11 is 0. The Kier molecular flexibility index (Phi) is 3.59. The number of rotatable bonds is 4. The molecule has 1 unspecified atom stereocenters. The second-order valence-electron chi connectivity index (χ2n) is 4.40. The van der Waals surface area contributed by atoms with Gasteiger partial charge in [-0.25, -0.2) is 4.68 Å². The van der Waals surface area contributed by atoms with Crippen molar-refractivity contribution in [2.45, 2.75) is 32.7 Å². The number of hydrogen-bond acceptors (Lipinski definition) is 2. The van der Waals surface area contributed by atoms with Gasteiger partial charge in [0, 0.05) is 12.2 Å². The van der Waals surface area contributed by atoms with Gasteiger partial charge in [0.2, 0.25) is 0 Å². The molecule has 3 nitrogen and oxygen atoms in total. The van der Waals surface area contributed by atoms with Gasteiger partial charge in [-0.1, -0.05) is 25.1 Å². The minimum absolute atomic E-state index is 0.216. The van der Waals surface area contributed by atoms with Crippen LogP contribution in [0, 0.1) is 6.92 Å². The Balaban J connectivity index is 2.33. The van der Waals surface area contributed by atoms with Crippen molar-refractivity contribution in [3.05, 3.63) is 47.8 Å². The molecule has 2 rings (SSSR count). The molecule has 1 atom stereocenters. The lowest BCUT2D eigenvalue weighted by Gasteiger charge is -2.13. The van der Waals surface area contributed by atoms with Crippen LogP contribution in [-0.4, -0.2) is 15.8 Å². The predicted molar refractivity (Wildman–Crippen MR) is 70.3 cm³/mol. The molecule has 17 heavy (non-hydrogen) atoms. The zero-order chi connectivity index (χ0) is 12.3. The number of benzene rings is 1. The van der Waals surface area contributed by atoms with Crippen LogP contribution in [0.15, 0.2) is 36.5 Å². The molecule has 1 aromatic heterocycles. The fourth-order valence-electron chi connectivity index (χ4n) is 1.88. The third-order valence-electron chi connectivity index (χ3n) is 2.97. The second-order valence-corrected chi connectivity index (χ2v) is 4.40. The Morgan fingerprint density at radius 3 is 2.71 bits per heavy atom. The van der Waals surface area contributed by atoms with Gasteiger partial charge in [-0.05, 0) is 37.5 Å². The lowest BCUT2D eigenvalue weighted by atomic mass is 10.0. The molecule has 0 spiro atoms. The number of nitrogens with zero attached hydrogens (tertiary/aromatic N) is 2. The van der Waals surface area contributed by atoms with Gasteiger partial charge in [0.1, 0.15) is 0 Å². The van der Waals surface area contributed by atoms with Gasteiger partial charge < -0.3 is 5.73 Å². The SMILES string of the molecule is CCC(N)Cc1ccccc1-n1ccc(C)n1. The van der Waals surface area contributed by atoms with E-state index >= 15 is 0 Å². The van der Waals surface area contributed by atoms with Crippen molar-refractivity contribution in [1.82, 2.24) is 9.78 Å². The molecule has 0 fully saturated rings. The van der Waals surface area contributed by atoms with Gasteiger partial charge >= 0.3 is 0 Å². The minimum atomic E-state index is 0.216. The van der Waals surface area contributed by atoms with Crippen molar-refractivity contribution in [1.29, 1.82) is 0 Å². The number of hydrogen-bond donors (Lipinski definition) is 1. The van der Waals surface area contributed by atoms with E-state index in [-0.39, 0.29) is 6.04 Å². The Hall–Kier alpha value is -1.61. The van der Waals surface area contributed by atoms with E-state index in [9.17, 15) is 0 Å². The topological polar surface area (TPSA) is 43.8 Å². The average Bonchev–Trinajstić information content (AvgIpc) is 2.76. The highest BCUT2D eigenvalue weighted by atomic mass is 15.3. The summed E-state index contributed by atoms with van der Waals surface area (Å²) in [7, 11) is 0. The zero-order valence-corrected chi connectivity index (χ0v) is 10.4. The van der Waals surface area contributed by atoms with Crippen LogP contribution in [0.2, 0.25) is 0 Å². The summed E-state index contributed by atoms with van der Waals surface area (Å²) in [5.41, 5.74) is 9.44. The highest BCUT2D eigenvalue weighted by Crippen LogP contribution is 2.16. The molecule has 0 aliphatic heterocycles. The lowest BCUT2D eigenvalue weighted by Crippen LogP contribution is -2.22. The molecule has 3 heteroatoms. The summed E-state index contributed by atoms with van der Waals surface area (Å²) < 4.78 is 1.92. The predicted octanol–water partition coefficient (Wildman–Crippen LogP) is 2.46. The molecule has 0 bridgehead atoms. The van der Waals surface area contributed by atoms with E-state index in [4.69, 9.17) is 5.73 Å². The quantitative estimate of drug-likeness (QED) is 0.875. The molecule has 90 valence electrons. The highest BCUT2D eigenvalue weighted by Gasteiger charge is 2.08. The van der Waals surface area contributed by atoms with Crippen molar-refractivity contribution in [2.75, 3.05) is 0 Å². The largest absolute Gasteiger partial charge is 0.327 e. The number of nitrogens with two attached hydrogens (primary N) is 1. The van der Waals surface area contributed by atoms with Crippen LogP contribution < -0.4 is 5.73 Å². The molecule has 0 saturated carbocycles. The molecule has 0 amide bonds. The van der Waals surface area contributed by atoms with Crippen LogP contribution in [0.4, 0.5) is 0 Å². The Bertz CT molecular complexity index is 488. The molecule has 0 radical (unpaired) electrons. The maximum Gasteiger partial charge on any atom is 0.0678 e. The number of aryl methyl sites for hydroxylation is 1. The molecule has 1 aromatic carbocycles. The molecule has 1 heterocycles. The normalized spacial score (nSPS) is 12.6. The van der Waals surface area contributed by atoms with Gasteiger partial charge in [0.15, 0.2) is 0 Å². The van der Waals surface area contributed by atoms with E-state index in [0.717, 1.165) is 24.2 Å². The first-order chi connectivity index (χ1) is 8.20. The molecule has 0 aliphatic carbocycles.